The minimum Gasteiger partial charge on any atom is -1.00 e. The van der Waals surface area contributed by atoms with E-state index in [1.165, 1.54) is 22.3 Å². The predicted octanol–water partition coefficient (Wildman–Crippen LogP) is 3.07. The molecule has 2 aromatic rings. The molecule has 0 spiro atoms. The third-order valence-electron chi connectivity index (χ3n) is 3.84. The first-order chi connectivity index (χ1) is 9.18. The van der Waals surface area contributed by atoms with Crippen LogP contribution in [0.3, 0.4) is 0 Å². The molecule has 0 fully saturated rings. The molecule has 0 heterocycles. The summed E-state index contributed by atoms with van der Waals surface area (Å²) < 4.78 is 0. The number of benzene rings is 2. The zero-order chi connectivity index (χ0) is 15.0. The quantitative estimate of drug-likeness (QED) is 0.701. The van der Waals surface area contributed by atoms with E-state index in [-0.39, 0.29) is 31.1 Å². The molecule has 0 aliphatic rings. The molecule has 0 unspecified atom stereocenters. The third kappa shape index (κ3) is 4.50. The summed E-state index contributed by atoms with van der Waals surface area (Å²) in [6.07, 6.45) is 0. The van der Waals surface area contributed by atoms with Gasteiger partial charge in [-0.3, -0.25) is 0 Å². The van der Waals surface area contributed by atoms with E-state index in [1.54, 1.807) is 0 Å². The van der Waals surface area contributed by atoms with Crippen LogP contribution >= 0.6 is 0 Å². The Morgan fingerprint density at radius 2 is 0.762 bits per heavy atom. The fourth-order valence-corrected chi connectivity index (χ4v) is 2.33. The fourth-order valence-electron chi connectivity index (χ4n) is 2.33. The average Bonchev–Trinajstić information content (AvgIpc) is 2.37. The predicted molar refractivity (Wildman–Crippen MR) is 90.4 cm³/mol. The van der Waals surface area contributed by atoms with Crippen LogP contribution in [-0.4, -0.2) is 0 Å². The molecule has 108 valence electrons. The molecular formula is C20H27Li. The van der Waals surface area contributed by atoms with Crippen LogP contribution in [0.15, 0.2) is 48.5 Å². The van der Waals surface area contributed by atoms with E-state index in [1.807, 2.05) is 0 Å². The molecule has 0 aliphatic heterocycles. The molecule has 2 rings (SSSR count). The van der Waals surface area contributed by atoms with Gasteiger partial charge in [-0.2, -0.15) is 0 Å². The minimum atomic E-state index is 0. The van der Waals surface area contributed by atoms with Gasteiger partial charge in [-0.1, -0.05) is 90.1 Å². The first kappa shape index (κ1) is 18.1. The van der Waals surface area contributed by atoms with Crippen molar-refractivity contribution in [3.05, 3.63) is 59.7 Å². The van der Waals surface area contributed by atoms with Gasteiger partial charge in [-0.25, -0.2) is 0 Å². The molecule has 0 nitrogen and oxygen atoms in total. The largest absolute Gasteiger partial charge is 1.00 e. The van der Waals surface area contributed by atoms with E-state index in [0.29, 0.717) is 0 Å². The monoisotopic (exact) mass is 274 g/mol. The second-order valence-corrected chi connectivity index (χ2v) is 7.65. The molecule has 1 heteroatoms. The first-order valence-corrected chi connectivity index (χ1v) is 7.39. The standard InChI is InChI=1S/C20H26.Li.H/c1-19(2,3)17-11-7-15(8-12-17)16-9-13-18(14-10-16)20(4,5)6;;/h7-14H,1-6H3;;/q;+1;-1. The topological polar surface area (TPSA) is 0 Å². The SMILES string of the molecule is CC(C)(C)c1ccc(-c2ccc(C(C)(C)C)cc2)cc1.[H-].[Li+]. The average molecular weight is 274 g/mol. The van der Waals surface area contributed by atoms with Crippen LogP contribution in [-0.2, 0) is 10.8 Å². The Balaban J connectivity index is 0.00000220. The van der Waals surface area contributed by atoms with Crippen molar-refractivity contribution in [2.75, 3.05) is 0 Å². The molecule has 0 bridgehead atoms. The molecule has 0 aromatic heterocycles. The smallest absolute Gasteiger partial charge is 1.00 e. The summed E-state index contributed by atoms with van der Waals surface area (Å²) in [7, 11) is 0. The first-order valence-electron chi connectivity index (χ1n) is 7.39. The van der Waals surface area contributed by atoms with E-state index in [0.717, 1.165) is 0 Å². The van der Waals surface area contributed by atoms with E-state index < -0.39 is 0 Å². The van der Waals surface area contributed by atoms with E-state index in [2.05, 4.69) is 90.1 Å². The molecule has 0 saturated heterocycles. The van der Waals surface area contributed by atoms with Gasteiger partial charge in [0.2, 0.25) is 0 Å². The Morgan fingerprint density at radius 1 is 0.524 bits per heavy atom. The van der Waals surface area contributed by atoms with Gasteiger partial charge in [-0.15, -0.1) is 0 Å². The molecule has 0 aliphatic carbocycles. The zero-order valence-corrected chi connectivity index (χ0v) is 14.6. The maximum atomic E-state index is 2.25. The summed E-state index contributed by atoms with van der Waals surface area (Å²) in [6.45, 7) is 13.5. The van der Waals surface area contributed by atoms with Gasteiger partial charge in [0.15, 0.2) is 0 Å². The number of hydrogen-bond acceptors (Lipinski definition) is 0. The summed E-state index contributed by atoms with van der Waals surface area (Å²) in [5.74, 6) is 0. The Hall–Kier alpha value is -0.963. The van der Waals surface area contributed by atoms with Crippen molar-refractivity contribution in [2.24, 2.45) is 0 Å². The van der Waals surface area contributed by atoms with Crippen LogP contribution in [0, 0.1) is 0 Å². The summed E-state index contributed by atoms with van der Waals surface area (Å²) in [5, 5.41) is 0. The second-order valence-electron chi connectivity index (χ2n) is 7.65. The van der Waals surface area contributed by atoms with Crippen molar-refractivity contribution in [1.29, 1.82) is 0 Å². The molecule has 0 saturated carbocycles. The van der Waals surface area contributed by atoms with E-state index in [9.17, 15) is 0 Å². The van der Waals surface area contributed by atoms with Gasteiger partial charge in [0, 0.05) is 0 Å². The van der Waals surface area contributed by atoms with Crippen LogP contribution in [0.4, 0.5) is 0 Å². The Labute approximate surface area is 143 Å². The number of rotatable bonds is 1. The van der Waals surface area contributed by atoms with Gasteiger partial charge in [0.1, 0.15) is 0 Å². The van der Waals surface area contributed by atoms with Gasteiger partial charge in [0.05, 0.1) is 0 Å². The van der Waals surface area contributed by atoms with Crippen molar-refractivity contribution < 1.29 is 20.3 Å². The van der Waals surface area contributed by atoms with Crippen molar-refractivity contribution in [3.8, 4) is 11.1 Å². The molecule has 21 heavy (non-hydrogen) atoms. The molecule has 0 N–H and O–H groups in total. The van der Waals surface area contributed by atoms with Crippen LogP contribution in [0.5, 0.6) is 0 Å². The van der Waals surface area contributed by atoms with Crippen molar-refractivity contribution in [3.63, 3.8) is 0 Å². The van der Waals surface area contributed by atoms with Crippen LogP contribution in [0.25, 0.3) is 11.1 Å². The van der Waals surface area contributed by atoms with Crippen LogP contribution in [0.1, 0.15) is 54.1 Å². The second kappa shape index (κ2) is 6.43. The summed E-state index contributed by atoms with van der Waals surface area (Å²) >= 11 is 0. The Morgan fingerprint density at radius 3 is 0.952 bits per heavy atom. The van der Waals surface area contributed by atoms with Crippen LogP contribution < -0.4 is 18.9 Å². The molecule has 0 radical (unpaired) electrons. The van der Waals surface area contributed by atoms with E-state index >= 15 is 0 Å². The van der Waals surface area contributed by atoms with Gasteiger partial charge in [0.25, 0.3) is 0 Å². The Bertz CT molecular complexity index is 514. The van der Waals surface area contributed by atoms with Crippen molar-refractivity contribution in [1.82, 2.24) is 0 Å². The summed E-state index contributed by atoms with van der Waals surface area (Å²) in [5.41, 5.74) is 5.78. The summed E-state index contributed by atoms with van der Waals surface area (Å²) in [4.78, 5) is 0. The van der Waals surface area contributed by atoms with Gasteiger partial charge >= 0.3 is 18.9 Å². The fraction of sp³-hybridized carbons (Fsp3) is 0.400. The van der Waals surface area contributed by atoms with Crippen LogP contribution in [0.2, 0.25) is 0 Å². The molecule has 0 amide bonds. The normalized spacial score (nSPS) is 11.9. The maximum Gasteiger partial charge on any atom is 1.00 e. The number of hydrogen-bond donors (Lipinski definition) is 0. The minimum absolute atomic E-state index is 0. The van der Waals surface area contributed by atoms with Crippen molar-refractivity contribution in [2.45, 2.75) is 52.4 Å². The third-order valence-corrected chi connectivity index (χ3v) is 3.84. The molecule has 2 aromatic carbocycles. The van der Waals surface area contributed by atoms with Gasteiger partial charge < -0.3 is 1.43 Å². The van der Waals surface area contributed by atoms with Gasteiger partial charge in [-0.05, 0) is 33.1 Å². The maximum absolute atomic E-state index is 2.25. The van der Waals surface area contributed by atoms with E-state index in [4.69, 9.17) is 0 Å². The Kier molecular flexibility index (Phi) is 5.54. The summed E-state index contributed by atoms with van der Waals surface area (Å²) in [6, 6.07) is 17.9. The molecular weight excluding hydrogens is 247 g/mol. The zero-order valence-electron chi connectivity index (χ0n) is 15.6. The molecule has 0 atom stereocenters. The van der Waals surface area contributed by atoms with Crippen molar-refractivity contribution >= 4 is 0 Å².